The van der Waals surface area contributed by atoms with Crippen LogP contribution in [-0.4, -0.2) is 22.7 Å². The number of aliphatic hydroxyl groups is 1. The molecule has 4 rings (SSSR count). The minimum Gasteiger partial charge on any atom is -0.385 e. The van der Waals surface area contributed by atoms with Crippen molar-refractivity contribution in [1.29, 1.82) is 0 Å². The Bertz CT molecular complexity index is 1150. The standard InChI is InChI=1S/C28H29O3P/c1-2-3-21-32(31,24-17-11-6-12-18-24)27(28(30)19-20-28)25(22-13-7-4-8-14-22)26(29)23-15-9-5-10-16-23/h4-18,30H,2-3,19-21H2,1H3/b27-25-. The Morgan fingerprint density at radius 1 is 0.844 bits per heavy atom. The van der Waals surface area contributed by atoms with Crippen molar-refractivity contribution in [2.24, 2.45) is 0 Å². The van der Waals surface area contributed by atoms with Gasteiger partial charge >= 0.3 is 0 Å². The van der Waals surface area contributed by atoms with Gasteiger partial charge in [0.25, 0.3) is 0 Å². The van der Waals surface area contributed by atoms with E-state index in [2.05, 4.69) is 6.92 Å². The van der Waals surface area contributed by atoms with E-state index in [9.17, 15) is 14.5 Å². The van der Waals surface area contributed by atoms with Crippen LogP contribution in [0.15, 0.2) is 96.3 Å². The number of benzene rings is 3. The van der Waals surface area contributed by atoms with E-state index in [0.29, 0.717) is 46.3 Å². The maximum atomic E-state index is 14.9. The number of rotatable bonds is 9. The third kappa shape index (κ3) is 4.41. The summed E-state index contributed by atoms with van der Waals surface area (Å²) in [6, 6.07) is 27.9. The smallest absolute Gasteiger partial charge is 0.194 e. The first-order valence-corrected chi connectivity index (χ1v) is 13.2. The van der Waals surface area contributed by atoms with E-state index in [1.165, 1.54) is 0 Å². The summed E-state index contributed by atoms with van der Waals surface area (Å²) < 4.78 is 14.9. The Labute approximate surface area is 190 Å². The predicted octanol–water partition coefficient (Wildman–Crippen LogP) is 6.29. The summed E-state index contributed by atoms with van der Waals surface area (Å²) in [5.41, 5.74) is 0.405. The monoisotopic (exact) mass is 444 g/mol. The fourth-order valence-electron chi connectivity index (χ4n) is 4.24. The quantitative estimate of drug-likeness (QED) is 0.240. The third-order valence-electron chi connectivity index (χ3n) is 6.09. The van der Waals surface area contributed by atoms with Crippen molar-refractivity contribution in [2.45, 2.75) is 38.2 Å². The molecule has 4 heteroatoms. The molecule has 32 heavy (non-hydrogen) atoms. The first kappa shape index (κ1) is 22.5. The summed E-state index contributed by atoms with van der Waals surface area (Å²) in [6.45, 7) is 2.07. The van der Waals surface area contributed by atoms with Gasteiger partial charge in [0.05, 0.1) is 5.60 Å². The van der Waals surface area contributed by atoms with E-state index >= 15 is 0 Å². The molecule has 1 unspecified atom stereocenters. The van der Waals surface area contributed by atoms with Gasteiger partial charge in [0.1, 0.15) is 7.14 Å². The van der Waals surface area contributed by atoms with E-state index in [4.69, 9.17) is 0 Å². The molecule has 1 saturated carbocycles. The molecule has 0 aromatic heterocycles. The highest BCUT2D eigenvalue weighted by molar-refractivity contribution is 7.76. The van der Waals surface area contributed by atoms with Gasteiger partial charge < -0.3 is 9.67 Å². The lowest BCUT2D eigenvalue weighted by Gasteiger charge is -2.29. The predicted molar refractivity (Wildman–Crippen MR) is 132 cm³/mol. The molecule has 0 radical (unpaired) electrons. The zero-order valence-electron chi connectivity index (χ0n) is 18.4. The fourth-order valence-corrected chi connectivity index (χ4v) is 7.88. The summed E-state index contributed by atoms with van der Waals surface area (Å²) in [5, 5.41) is 12.7. The van der Waals surface area contributed by atoms with Crippen molar-refractivity contribution in [3.63, 3.8) is 0 Å². The molecule has 3 aromatic carbocycles. The first-order valence-electron chi connectivity index (χ1n) is 11.3. The summed E-state index contributed by atoms with van der Waals surface area (Å²) >= 11 is 0. The van der Waals surface area contributed by atoms with Gasteiger partial charge in [-0.05, 0) is 24.8 Å². The molecular formula is C28H29O3P. The zero-order valence-corrected chi connectivity index (χ0v) is 19.3. The molecule has 1 aliphatic rings. The van der Waals surface area contributed by atoms with Crippen molar-refractivity contribution in [1.82, 2.24) is 0 Å². The molecular weight excluding hydrogens is 415 g/mol. The van der Waals surface area contributed by atoms with Gasteiger partial charge in [-0.25, -0.2) is 0 Å². The number of unbranched alkanes of at least 4 members (excludes halogenated alkanes) is 1. The average molecular weight is 445 g/mol. The molecule has 0 bridgehead atoms. The van der Waals surface area contributed by atoms with Crippen LogP contribution >= 0.6 is 7.14 Å². The maximum Gasteiger partial charge on any atom is 0.194 e. The van der Waals surface area contributed by atoms with E-state index in [-0.39, 0.29) is 5.78 Å². The number of carbonyl (C=O) groups excluding carboxylic acids is 1. The molecule has 0 saturated heterocycles. The molecule has 1 fully saturated rings. The number of ketones is 1. The second-order valence-electron chi connectivity index (χ2n) is 8.47. The van der Waals surface area contributed by atoms with Crippen LogP contribution in [0, 0.1) is 0 Å². The van der Waals surface area contributed by atoms with Crippen LogP contribution in [0.2, 0.25) is 0 Å². The molecule has 0 amide bonds. The molecule has 3 aromatic rings. The second-order valence-corrected chi connectivity index (χ2v) is 11.4. The number of hydrogen-bond acceptors (Lipinski definition) is 3. The van der Waals surface area contributed by atoms with Crippen molar-refractivity contribution < 1.29 is 14.5 Å². The molecule has 3 nitrogen and oxygen atoms in total. The van der Waals surface area contributed by atoms with Crippen LogP contribution in [0.5, 0.6) is 0 Å². The SMILES string of the molecule is CCCCP(=O)(/C(=C(\C(=O)c1ccccc1)c1ccccc1)C1(O)CC1)c1ccccc1. The Kier molecular flexibility index (Phi) is 6.60. The van der Waals surface area contributed by atoms with Crippen LogP contribution < -0.4 is 5.30 Å². The van der Waals surface area contributed by atoms with Crippen LogP contribution in [0.25, 0.3) is 5.57 Å². The summed E-state index contributed by atoms with van der Waals surface area (Å²) in [7, 11) is -3.24. The van der Waals surface area contributed by atoms with Crippen molar-refractivity contribution >= 4 is 23.8 Å². The summed E-state index contributed by atoms with van der Waals surface area (Å²) in [6.07, 6.45) is 3.11. The number of allylic oxidation sites excluding steroid dienone is 1. The second kappa shape index (κ2) is 9.40. The topological polar surface area (TPSA) is 54.4 Å². The van der Waals surface area contributed by atoms with Crippen LogP contribution in [0.3, 0.4) is 0 Å². The van der Waals surface area contributed by atoms with E-state index < -0.39 is 12.7 Å². The summed E-state index contributed by atoms with van der Waals surface area (Å²) in [4.78, 5) is 13.9. The Morgan fingerprint density at radius 2 is 1.34 bits per heavy atom. The van der Waals surface area contributed by atoms with Crippen LogP contribution in [-0.2, 0) is 4.57 Å². The van der Waals surface area contributed by atoms with Gasteiger partial charge in [-0.1, -0.05) is 104 Å². The molecule has 0 spiro atoms. The molecule has 1 atom stereocenters. The van der Waals surface area contributed by atoms with Crippen LogP contribution in [0.4, 0.5) is 0 Å². The van der Waals surface area contributed by atoms with Gasteiger partial charge in [0, 0.05) is 27.9 Å². The minimum atomic E-state index is -3.24. The van der Waals surface area contributed by atoms with Crippen molar-refractivity contribution in [2.75, 3.05) is 6.16 Å². The highest BCUT2D eigenvalue weighted by atomic mass is 31.2. The average Bonchev–Trinajstić information content (AvgIpc) is 3.59. The molecule has 0 aliphatic heterocycles. The Morgan fingerprint density at radius 3 is 1.84 bits per heavy atom. The van der Waals surface area contributed by atoms with Gasteiger partial charge in [-0.15, -0.1) is 0 Å². The van der Waals surface area contributed by atoms with Gasteiger partial charge in [-0.3, -0.25) is 4.79 Å². The zero-order chi connectivity index (χ0) is 22.6. The lowest BCUT2D eigenvalue weighted by molar-refractivity contribution is 0.105. The maximum absolute atomic E-state index is 14.9. The van der Waals surface area contributed by atoms with Gasteiger partial charge in [-0.2, -0.15) is 0 Å². The van der Waals surface area contributed by atoms with Gasteiger partial charge in [0.2, 0.25) is 0 Å². The molecule has 1 N–H and O–H groups in total. The number of Topliss-reactive ketones (excluding diaryl/α,β-unsaturated/α-hetero) is 1. The molecule has 164 valence electrons. The highest BCUT2D eigenvalue weighted by Gasteiger charge is 2.53. The fraction of sp³-hybridized carbons (Fsp3) is 0.250. The van der Waals surface area contributed by atoms with Gasteiger partial charge in [0.15, 0.2) is 5.78 Å². The van der Waals surface area contributed by atoms with E-state index in [1.54, 1.807) is 12.1 Å². The van der Waals surface area contributed by atoms with Crippen LogP contribution in [0.1, 0.15) is 48.5 Å². The molecule has 1 aliphatic carbocycles. The first-order chi connectivity index (χ1) is 15.5. The largest absolute Gasteiger partial charge is 0.385 e. The lowest BCUT2D eigenvalue weighted by atomic mass is 9.94. The molecule has 0 heterocycles. The summed E-state index contributed by atoms with van der Waals surface area (Å²) in [5.74, 6) is -0.195. The van der Waals surface area contributed by atoms with E-state index in [1.807, 2.05) is 78.9 Å². The number of carbonyl (C=O) groups is 1. The minimum absolute atomic E-state index is 0.195. The van der Waals surface area contributed by atoms with Crippen molar-refractivity contribution in [3.05, 3.63) is 107 Å². The normalized spacial score (nSPS) is 17.2. The Hall–Kier alpha value is -2.74. The third-order valence-corrected chi connectivity index (χ3v) is 9.53. The van der Waals surface area contributed by atoms with E-state index in [0.717, 1.165) is 12.8 Å². The van der Waals surface area contributed by atoms with Crippen molar-refractivity contribution in [3.8, 4) is 0 Å². The lowest BCUT2D eigenvalue weighted by Crippen LogP contribution is -2.23. The Balaban J connectivity index is 2.05. The highest BCUT2D eigenvalue weighted by Crippen LogP contribution is 2.65. The number of hydrogen-bond donors (Lipinski definition) is 1.